The molecule has 1 amide bonds. The Morgan fingerprint density at radius 2 is 2.10 bits per heavy atom. The van der Waals surface area contributed by atoms with Crippen LogP contribution in [0.2, 0.25) is 0 Å². The molecule has 2 N–H and O–H groups in total. The Hall–Kier alpha value is -2.15. The van der Waals surface area contributed by atoms with Crippen molar-refractivity contribution in [3.05, 3.63) is 33.5 Å². The number of hydrogen-bond donors (Lipinski definition) is 2. The minimum Gasteiger partial charge on any atom is -0.478 e. The summed E-state index contributed by atoms with van der Waals surface area (Å²) in [5.74, 6) is -1.42. The van der Waals surface area contributed by atoms with Crippen molar-refractivity contribution in [1.82, 2.24) is 9.78 Å². The highest BCUT2D eigenvalue weighted by Gasteiger charge is 2.23. The molecule has 112 valence electrons. The molecule has 0 unspecified atom stereocenters. The number of nitrogens with zero attached hydrogens (tertiary/aromatic N) is 2. The normalized spacial score (nSPS) is 10.7. The van der Waals surface area contributed by atoms with Crippen LogP contribution in [0.15, 0.2) is 6.07 Å². The molecule has 0 bridgehead atoms. The number of hydrogen-bond acceptors (Lipinski definition) is 4. The Labute approximate surface area is 126 Å². The zero-order chi connectivity index (χ0) is 15.7. The van der Waals surface area contributed by atoms with Crippen LogP contribution in [-0.2, 0) is 13.5 Å². The zero-order valence-electron chi connectivity index (χ0n) is 12.4. The Morgan fingerprint density at radius 1 is 1.43 bits per heavy atom. The third kappa shape index (κ3) is 2.82. The van der Waals surface area contributed by atoms with E-state index in [2.05, 4.69) is 10.4 Å². The Kier molecular flexibility index (Phi) is 4.13. The van der Waals surface area contributed by atoms with E-state index >= 15 is 0 Å². The predicted octanol–water partition coefficient (Wildman–Crippen LogP) is 2.61. The number of aryl methyl sites for hydroxylation is 3. The van der Waals surface area contributed by atoms with E-state index in [4.69, 9.17) is 0 Å². The SMILES string of the molecule is CCc1c(C)sc(NC(=O)c2cc(C)n(C)n2)c1C(=O)O. The van der Waals surface area contributed by atoms with Crippen molar-refractivity contribution >= 4 is 28.2 Å². The fraction of sp³-hybridized carbons (Fsp3) is 0.357. The van der Waals surface area contributed by atoms with Crippen molar-refractivity contribution in [2.45, 2.75) is 27.2 Å². The van der Waals surface area contributed by atoms with Gasteiger partial charge in [0.25, 0.3) is 5.91 Å². The second-order valence-corrected chi connectivity index (χ2v) is 5.97. The summed E-state index contributed by atoms with van der Waals surface area (Å²) >= 11 is 1.28. The van der Waals surface area contributed by atoms with Gasteiger partial charge in [0.05, 0.1) is 5.56 Å². The first-order chi connectivity index (χ1) is 9.85. The quantitative estimate of drug-likeness (QED) is 0.909. The summed E-state index contributed by atoms with van der Waals surface area (Å²) in [6, 6.07) is 1.66. The number of carbonyl (C=O) groups is 2. The van der Waals surface area contributed by atoms with E-state index in [1.807, 2.05) is 20.8 Å². The molecule has 0 aliphatic rings. The minimum absolute atomic E-state index is 0.181. The molecular weight excluding hydrogens is 290 g/mol. The molecule has 0 aliphatic carbocycles. The van der Waals surface area contributed by atoms with Crippen molar-refractivity contribution in [2.24, 2.45) is 7.05 Å². The van der Waals surface area contributed by atoms with Gasteiger partial charge in [0.2, 0.25) is 0 Å². The standard InChI is InChI=1S/C14H17N3O3S/c1-5-9-8(3)21-13(11(9)14(19)20)15-12(18)10-6-7(2)17(4)16-10/h6H,5H2,1-4H3,(H,15,18)(H,19,20). The molecule has 0 fully saturated rings. The molecule has 0 aliphatic heterocycles. The lowest BCUT2D eigenvalue weighted by Gasteiger charge is -2.03. The topological polar surface area (TPSA) is 84.2 Å². The summed E-state index contributed by atoms with van der Waals surface area (Å²) < 4.78 is 1.60. The van der Waals surface area contributed by atoms with Crippen molar-refractivity contribution in [2.75, 3.05) is 5.32 Å². The maximum absolute atomic E-state index is 12.2. The van der Waals surface area contributed by atoms with E-state index in [-0.39, 0.29) is 11.3 Å². The fourth-order valence-electron chi connectivity index (χ4n) is 2.16. The van der Waals surface area contributed by atoms with Gasteiger partial charge in [-0.15, -0.1) is 11.3 Å². The molecule has 2 rings (SSSR count). The van der Waals surface area contributed by atoms with Crippen LogP contribution in [0.5, 0.6) is 0 Å². The molecule has 2 heterocycles. The lowest BCUT2D eigenvalue weighted by atomic mass is 10.1. The van der Waals surface area contributed by atoms with Gasteiger partial charge in [-0.25, -0.2) is 4.79 Å². The fourth-order valence-corrected chi connectivity index (χ4v) is 3.29. The summed E-state index contributed by atoms with van der Waals surface area (Å²) in [4.78, 5) is 24.5. The first-order valence-corrected chi connectivity index (χ1v) is 7.34. The first-order valence-electron chi connectivity index (χ1n) is 6.52. The molecule has 0 radical (unpaired) electrons. The van der Waals surface area contributed by atoms with Gasteiger partial charge in [-0.2, -0.15) is 5.10 Å². The molecule has 2 aromatic rings. The number of thiophene rings is 1. The van der Waals surface area contributed by atoms with Crippen molar-refractivity contribution in [3.8, 4) is 0 Å². The van der Waals surface area contributed by atoms with Crippen LogP contribution in [0, 0.1) is 13.8 Å². The minimum atomic E-state index is -1.02. The summed E-state index contributed by atoms with van der Waals surface area (Å²) in [7, 11) is 1.75. The van der Waals surface area contributed by atoms with Crippen LogP contribution in [0.25, 0.3) is 0 Å². The lowest BCUT2D eigenvalue weighted by molar-refractivity contribution is 0.0697. The van der Waals surface area contributed by atoms with Crippen LogP contribution in [0.3, 0.4) is 0 Å². The Bertz CT molecular complexity index is 696. The van der Waals surface area contributed by atoms with E-state index in [1.165, 1.54) is 11.3 Å². The number of carboxylic acids is 1. The van der Waals surface area contributed by atoms with Gasteiger partial charge < -0.3 is 10.4 Å². The molecular formula is C14H17N3O3S. The van der Waals surface area contributed by atoms with Crippen LogP contribution in [0.4, 0.5) is 5.00 Å². The molecule has 0 aromatic carbocycles. The van der Waals surface area contributed by atoms with E-state index in [0.29, 0.717) is 11.4 Å². The molecule has 0 atom stereocenters. The number of anilines is 1. The van der Waals surface area contributed by atoms with E-state index in [9.17, 15) is 14.7 Å². The maximum Gasteiger partial charge on any atom is 0.339 e. The summed E-state index contributed by atoms with van der Waals surface area (Å²) in [6.07, 6.45) is 0.614. The van der Waals surface area contributed by atoms with Crippen molar-refractivity contribution in [3.63, 3.8) is 0 Å². The number of nitrogens with one attached hydrogen (secondary N) is 1. The number of rotatable bonds is 4. The van der Waals surface area contributed by atoms with Crippen LogP contribution < -0.4 is 5.32 Å². The molecule has 0 saturated heterocycles. The molecule has 0 saturated carbocycles. The smallest absolute Gasteiger partial charge is 0.339 e. The summed E-state index contributed by atoms with van der Waals surface area (Å²) in [6.45, 7) is 5.60. The highest BCUT2D eigenvalue weighted by molar-refractivity contribution is 7.16. The van der Waals surface area contributed by atoms with Crippen LogP contribution >= 0.6 is 11.3 Å². The van der Waals surface area contributed by atoms with E-state index < -0.39 is 11.9 Å². The molecule has 21 heavy (non-hydrogen) atoms. The third-order valence-electron chi connectivity index (χ3n) is 3.35. The van der Waals surface area contributed by atoms with Gasteiger partial charge in [0.1, 0.15) is 5.00 Å². The number of aromatic nitrogens is 2. The van der Waals surface area contributed by atoms with Gasteiger partial charge in [-0.3, -0.25) is 9.48 Å². The van der Waals surface area contributed by atoms with Gasteiger partial charge in [0.15, 0.2) is 5.69 Å². The molecule has 7 heteroatoms. The van der Waals surface area contributed by atoms with Crippen LogP contribution in [-0.4, -0.2) is 26.8 Å². The van der Waals surface area contributed by atoms with Gasteiger partial charge in [0, 0.05) is 17.6 Å². The Balaban J connectivity index is 2.35. The number of aromatic carboxylic acids is 1. The average Bonchev–Trinajstić information content (AvgIpc) is 2.90. The summed E-state index contributed by atoms with van der Waals surface area (Å²) in [5.41, 5.74) is 2.08. The second-order valence-electron chi connectivity index (χ2n) is 4.75. The van der Waals surface area contributed by atoms with Gasteiger partial charge in [-0.05, 0) is 31.9 Å². The molecule has 0 spiro atoms. The van der Waals surface area contributed by atoms with Crippen molar-refractivity contribution < 1.29 is 14.7 Å². The second kappa shape index (κ2) is 5.69. The number of carboxylic acid groups (broad SMARTS) is 1. The van der Waals surface area contributed by atoms with Crippen molar-refractivity contribution in [1.29, 1.82) is 0 Å². The van der Waals surface area contributed by atoms with Crippen LogP contribution in [0.1, 0.15) is 43.9 Å². The monoisotopic (exact) mass is 307 g/mol. The average molecular weight is 307 g/mol. The number of carbonyl (C=O) groups excluding carboxylic acids is 1. The third-order valence-corrected chi connectivity index (χ3v) is 4.41. The highest BCUT2D eigenvalue weighted by atomic mass is 32.1. The summed E-state index contributed by atoms with van der Waals surface area (Å²) in [5, 5.41) is 16.5. The Morgan fingerprint density at radius 3 is 2.57 bits per heavy atom. The largest absolute Gasteiger partial charge is 0.478 e. The zero-order valence-corrected chi connectivity index (χ0v) is 13.2. The predicted molar refractivity (Wildman–Crippen MR) is 81.3 cm³/mol. The van der Waals surface area contributed by atoms with Gasteiger partial charge in [-0.1, -0.05) is 6.92 Å². The first kappa shape index (κ1) is 15.2. The van der Waals surface area contributed by atoms with E-state index in [1.54, 1.807) is 17.8 Å². The lowest BCUT2D eigenvalue weighted by Crippen LogP contribution is -2.14. The molecule has 6 nitrogen and oxygen atoms in total. The highest BCUT2D eigenvalue weighted by Crippen LogP contribution is 2.33. The van der Waals surface area contributed by atoms with Gasteiger partial charge >= 0.3 is 5.97 Å². The maximum atomic E-state index is 12.2. The number of amides is 1. The van der Waals surface area contributed by atoms with E-state index in [0.717, 1.165) is 16.1 Å². The molecule has 2 aromatic heterocycles.